The van der Waals surface area contributed by atoms with Crippen molar-refractivity contribution in [1.82, 2.24) is 74.5 Å². The predicted molar refractivity (Wildman–Crippen MR) is 385 cm³/mol. The Labute approximate surface area is 580 Å². The summed E-state index contributed by atoms with van der Waals surface area (Å²) >= 11 is 0. The molecular weight excluding hydrogens is 1310 g/mol. The second-order valence-corrected chi connectivity index (χ2v) is 27.6. The van der Waals surface area contributed by atoms with Crippen LogP contribution in [0, 0.1) is 0 Å². The fourth-order valence-electron chi connectivity index (χ4n) is 13.9. The van der Waals surface area contributed by atoms with Gasteiger partial charge in [-0.3, -0.25) is 38.0 Å². The monoisotopic (exact) mass is 1390 g/mol. The summed E-state index contributed by atoms with van der Waals surface area (Å²) in [5.74, 6) is 3.40. The summed E-state index contributed by atoms with van der Waals surface area (Å²) in [6.45, 7) is 12.7. The van der Waals surface area contributed by atoms with Crippen molar-refractivity contribution < 1.29 is 32.2 Å². The predicted octanol–water partition coefficient (Wildman–Crippen LogP) is 9.40. The average molecular weight is 1390 g/mol. The zero-order valence-electron chi connectivity index (χ0n) is 55.7. The van der Waals surface area contributed by atoms with E-state index in [2.05, 4.69) is 55.1 Å². The van der Waals surface area contributed by atoms with Crippen molar-refractivity contribution in [2.45, 2.75) is 133 Å². The van der Waals surface area contributed by atoms with Gasteiger partial charge in [0.25, 0.3) is 16.7 Å². The van der Waals surface area contributed by atoms with Crippen molar-refractivity contribution in [3.8, 4) is 56.8 Å². The summed E-state index contributed by atoms with van der Waals surface area (Å²) in [4.78, 5) is 66.2. The highest BCUT2D eigenvalue weighted by atomic mass is 32.2. The summed E-state index contributed by atoms with van der Waals surface area (Å²) in [5.41, 5.74) is 22.8. The molecule has 524 valence electrons. The lowest BCUT2D eigenvalue weighted by Gasteiger charge is -2.32. The minimum atomic E-state index is -3.50. The van der Waals surface area contributed by atoms with E-state index in [1.165, 1.54) is 31.4 Å². The third-order valence-corrected chi connectivity index (χ3v) is 20.2. The highest BCUT2D eigenvalue weighted by molar-refractivity contribution is 7.92. The maximum absolute atomic E-state index is 12.8. The number of carbonyl (C=O) groups excluding carboxylic acids is 2. The SMILES string of the molecule is C=CC(=O)N1CCC[C@@H](n2nc(-c3ccc(OC4CC4)cc3)c3c(N)n[nH]c(=O)c32)C1.C=CC(=O)N1CCC[C@@H](n2nc(-c3ccc(OC4CCCCC4)cc3)c3c(N)n[nH]c(=O)c32)C1.C=CS(=O)(=O)NC1CCC(n2nc(-c3ccc(Oc4ccccc4)cc3)c3c(N)n[nH]c(=O)c32)CC1. The normalized spacial score (nSPS) is 18.8. The molecule has 28 nitrogen and oxygen atoms in total. The zero-order valence-corrected chi connectivity index (χ0v) is 56.5. The highest BCUT2D eigenvalue weighted by Gasteiger charge is 2.33. The number of nitrogen functional groups attached to an aromatic ring is 3. The molecule has 29 heteroatoms. The summed E-state index contributed by atoms with van der Waals surface area (Å²) < 4.78 is 49.3. The molecule has 5 aliphatic rings. The summed E-state index contributed by atoms with van der Waals surface area (Å²) in [7, 11) is -3.50. The van der Waals surface area contributed by atoms with Crippen LogP contribution >= 0.6 is 0 Å². The van der Waals surface area contributed by atoms with Gasteiger partial charge < -0.3 is 41.2 Å². The Hall–Kier alpha value is -11.2. The minimum Gasteiger partial charge on any atom is -0.490 e. The Kier molecular flexibility index (Phi) is 20.1. The van der Waals surface area contributed by atoms with Gasteiger partial charge in [-0.05, 0) is 187 Å². The Morgan fingerprint density at radius 3 is 1.26 bits per heavy atom. The first-order valence-electron chi connectivity index (χ1n) is 34.1. The quantitative estimate of drug-likeness (QED) is 0.0417. The lowest BCUT2D eigenvalue weighted by molar-refractivity contribution is -0.128. The maximum Gasteiger partial charge on any atom is 0.290 e. The number of hydrogen-bond donors (Lipinski definition) is 7. The highest BCUT2D eigenvalue weighted by Crippen LogP contribution is 2.40. The Morgan fingerprint density at radius 1 is 0.475 bits per heavy atom. The van der Waals surface area contributed by atoms with E-state index < -0.39 is 10.0 Å². The molecule has 0 radical (unpaired) electrons. The van der Waals surface area contributed by atoms with E-state index in [-0.39, 0.29) is 76.2 Å². The average Bonchev–Trinajstić information content (AvgIpc) is 1.62. The molecule has 6 aromatic heterocycles. The van der Waals surface area contributed by atoms with Crippen molar-refractivity contribution in [2.75, 3.05) is 43.4 Å². The van der Waals surface area contributed by atoms with Crippen LogP contribution in [0.2, 0.25) is 0 Å². The van der Waals surface area contributed by atoms with Crippen LogP contribution in [0.4, 0.5) is 17.5 Å². The van der Waals surface area contributed by atoms with E-state index in [9.17, 15) is 32.4 Å². The van der Waals surface area contributed by atoms with Gasteiger partial charge in [-0.2, -0.15) is 30.6 Å². The zero-order chi connectivity index (χ0) is 70.5. The third kappa shape index (κ3) is 15.1. The number of hydrogen-bond acceptors (Lipinski definition) is 19. The lowest BCUT2D eigenvalue weighted by atomic mass is 9.92. The third-order valence-electron chi connectivity index (χ3n) is 19.1. The van der Waals surface area contributed by atoms with Crippen LogP contribution in [0.15, 0.2) is 155 Å². The number of aromatic nitrogens is 12. The number of likely N-dealkylation sites (tertiary alicyclic amines) is 2. The van der Waals surface area contributed by atoms with Crippen LogP contribution in [-0.2, 0) is 19.6 Å². The van der Waals surface area contributed by atoms with E-state index in [0.717, 1.165) is 90.7 Å². The molecule has 3 aliphatic carbocycles. The fourth-order valence-corrected chi connectivity index (χ4v) is 14.7. The number of para-hydroxylation sites is 1. The van der Waals surface area contributed by atoms with Gasteiger partial charge in [-0.15, -0.1) is 0 Å². The molecule has 2 aliphatic heterocycles. The molecule has 10 N–H and O–H groups in total. The number of sulfonamides is 1. The molecule has 3 saturated carbocycles. The number of H-pyrrole nitrogens is 3. The second-order valence-electron chi connectivity index (χ2n) is 26.0. The lowest BCUT2D eigenvalue weighted by Crippen LogP contribution is -2.40. The number of nitrogens with two attached hydrogens (primary N) is 3. The van der Waals surface area contributed by atoms with Crippen LogP contribution in [0.1, 0.15) is 114 Å². The van der Waals surface area contributed by atoms with E-state index in [1.807, 2.05) is 103 Å². The molecule has 2 amide bonds. The number of carbonyl (C=O) groups is 2. The van der Waals surface area contributed by atoms with Gasteiger partial charge in [-0.1, -0.05) is 44.4 Å². The molecule has 2 atom stereocenters. The molecule has 0 spiro atoms. The number of fused-ring (bicyclic) bond motifs is 3. The van der Waals surface area contributed by atoms with E-state index in [4.69, 9.17) is 46.7 Å². The van der Waals surface area contributed by atoms with Crippen LogP contribution in [0.25, 0.3) is 66.5 Å². The van der Waals surface area contributed by atoms with Crippen molar-refractivity contribution in [3.05, 3.63) is 171 Å². The Balaban J connectivity index is 0.000000136. The first-order chi connectivity index (χ1) is 48.9. The van der Waals surface area contributed by atoms with E-state index >= 15 is 0 Å². The first kappa shape index (κ1) is 68.3. The molecule has 101 heavy (non-hydrogen) atoms. The van der Waals surface area contributed by atoms with Gasteiger partial charge in [0.2, 0.25) is 21.8 Å². The molecule has 2 saturated heterocycles. The number of piperidine rings is 2. The van der Waals surface area contributed by atoms with Crippen molar-refractivity contribution in [3.63, 3.8) is 0 Å². The Bertz CT molecular complexity index is 5010. The number of ether oxygens (including phenoxy) is 3. The van der Waals surface area contributed by atoms with Crippen LogP contribution in [0.5, 0.6) is 23.0 Å². The molecule has 4 aromatic carbocycles. The number of benzene rings is 4. The van der Waals surface area contributed by atoms with Crippen molar-refractivity contribution in [1.29, 1.82) is 0 Å². The van der Waals surface area contributed by atoms with E-state index in [0.29, 0.717) is 114 Å². The van der Waals surface area contributed by atoms with Gasteiger partial charge >= 0.3 is 0 Å². The standard InChI is InChI=1S/C25H26N6O4S.C25H30N6O3.C22H24N6O3/c1-2-36(33,34)30-17-10-12-18(13-11-17)31-23-21(24(26)27-28-25(23)32)22(29-31)16-8-14-20(15-9-16)35-19-6-4-3-5-7-19;1-2-20(32)30-14-6-7-17(15-30)31-23-21(24(26)27-28-25(23)33)22(29-31)16-10-12-19(13-11-16)34-18-8-4-3-5-9-18;1-2-17(29)27-11-3-4-14(12-27)28-20-18(21(23)24-25-22(20)30)19(26-28)13-5-7-15(8-6-13)31-16-9-10-16/h2-9,14-15,17-18,30H,1,10-13H2,(H2,26,27)(H,28,32);2,10-13,17-18H,1,3-9,14-15H2,(H2,26,27)(H,28,33);2,5-8,14,16H,1,3-4,9-12H2,(H2,23,24)(H,25,30)/t;17-;14-/m.11/s1. The fraction of sp³-hybridized carbons (Fsp3) is 0.347. The summed E-state index contributed by atoms with van der Waals surface area (Å²) in [6.07, 6.45) is 17.0. The number of rotatable bonds is 17. The molecule has 10 aromatic rings. The molecule has 15 rings (SSSR count). The van der Waals surface area contributed by atoms with Gasteiger partial charge in [-0.25, -0.2) is 28.4 Å². The first-order valence-corrected chi connectivity index (χ1v) is 35.6. The van der Waals surface area contributed by atoms with Gasteiger partial charge in [0.05, 0.1) is 46.5 Å². The topological polar surface area (TPSA) is 383 Å². The van der Waals surface area contributed by atoms with E-state index in [1.54, 1.807) is 23.8 Å². The smallest absolute Gasteiger partial charge is 0.290 e. The summed E-state index contributed by atoms with van der Waals surface area (Å²) in [6, 6.07) is 31.7. The van der Waals surface area contributed by atoms with Gasteiger partial charge in [0.15, 0.2) is 17.5 Å². The summed E-state index contributed by atoms with van der Waals surface area (Å²) in [5, 5.41) is 36.2. The minimum absolute atomic E-state index is 0.0886. The van der Waals surface area contributed by atoms with Crippen LogP contribution in [0.3, 0.4) is 0 Å². The molecule has 0 bridgehead atoms. The molecule has 0 unspecified atom stereocenters. The second kappa shape index (κ2) is 29.7. The number of aromatic amines is 3. The van der Waals surface area contributed by atoms with Gasteiger partial charge in [0, 0.05) is 54.3 Å². The molecule has 5 fully saturated rings. The number of nitrogens with zero attached hydrogens (tertiary/aromatic N) is 11. The Morgan fingerprint density at radius 2 is 0.861 bits per heavy atom. The van der Waals surface area contributed by atoms with Gasteiger partial charge in [0.1, 0.15) is 56.6 Å². The maximum atomic E-state index is 12.8. The number of nitrogens with one attached hydrogen (secondary N) is 4. The molecule has 8 heterocycles. The largest absolute Gasteiger partial charge is 0.490 e. The number of anilines is 3. The van der Waals surface area contributed by atoms with Crippen molar-refractivity contribution in [2.24, 2.45) is 0 Å². The van der Waals surface area contributed by atoms with Crippen LogP contribution in [-0.4, -0.2) is 134 Å². The number of amides is 2. The van der Waals surface area contributed by atoms with Crippen LogP contribution < -0.4 is 52.8 Å². The molecular formula is C72H80N18O10S. The van der Waals surface area contributed by atoms with Crippen molar-refractivity contribution >= 4 is 72.0 Å².